The smallest absolute Gasteiger partial charge is 0.311 e. The number of ether oxygens (including phenoxy) is 3. The van der Waals surface area contributed by atoms with Crippen molar-refractivity contribution in [1.29, 1.82) is 0 Å². The van der Waals surface area contributed by atoms with Gasteiger partial charge < -0.3 is 24.2 Å². The van der Waals surface area contributed by atoms with Gasteiger partial charge in [0.05, 0.1) is 25.7 Å². The van der Waals surface area contributed by atoms with E-state index in [9.17, 15) is 14.7 Å². The van der Waals surface area contributed by atoms with Gasteiger partial charge in [0.1, 0.15) is 0 Å². The fourth-order valence-electron chi connectivity index (χ4n) is 4.76. The molecule has 1 aromatic rings. The minimum Gasteiger partial charge on any atom is -0.466 e. The lowest BCUT2D eigenvalue weighted by Crippen LogP contribution is -2.46. The molecule has 3 rings (SSSR count). The van der Waals surface area contributed by atoms with Crippen LogP contribution in [-0.4, -0.2) is 79.0 Å². The quantitative estimate of drug-likeness (QED) is 0.478. The van der Waals surface area contributed by atoms with Crippen LogP contribution >= 0.6 is 0 Å². The van der Waals surface area contributed by atoms with Gasteiger partial charge in [0.15, 0.2) is 11.5 Å². The molecule has 2 heterocycles. The molecule has 8 heteroatoms. The highest BCUT2D eigenvalue weighted by molar-refractivity contribution is 5.79. The van der Waals surface area contributed by atoms with E-state index >= 15 is 0 Å². The van der Waals surface area contributed by atoms with Crippen molar-refractivity contribution in [3.8, 4) is 11.5 Å². The molecule has 1 amide bonds. The zero-order valence-electron chi connectivity index (χ0n) is 20.1. The average molecular weight is 463 g/mol. The molecular weight excluding hydrogens is 424 g/mol. The lowest BCUT2D eigenvalue weighted by Gasteiger charge is -2.29. The molecule has 2 aliphatic rings. The van der Waals surface area contributed by atoms with Crippen molar-refractivity contribution in [3.05, 3.63) is 23.8 Å². The predicted molar refractivity (Wildman–Crippen MR) is 124 cm³/mol. The van der Waals surface area contributed by atoms with Crippen molar-refractivity contribution in [2.45, 2.75) is 58.4 Å². The maximum absolute atomic E-state index is 13.2. The highest BCUT2D eigenvalue weighted by Crippen LogP contribution is 2.42. The molecule has 8 nitrogen and oxygen atoms in total. The summed E-state index contributed by atoms with van der Waals surface area (Å²) in [5.74, 6) is 0.242. The molecule has 184 valence electrons. The molecule has 1 N–H and O–H groups in total. The van der Waals surface area contributed by atoms with Crippen LogP contribution in [0.25, 0.3) is 0 Å². The first kappa shape index (κ1) is 25.3. The molecule has 1 aromatic carbocycles. The maximum Gasteiger partial charge on any atom is 0.311 e. The van der Waals surface area contributed by atoms with Crippen molar-refractivity contribution < 1.29 is 28.9 Å². The second-order valence-electron chi connectivity index (χ2n) is 8.76. The highest BCUT2D eigenvalue weighted by atomic mass is 16.7. The SMILES string of the molecule is CCCCN(CCCC)C(=O)CN1CC(c2ccc3c(c2)OCO3)C(C(=O)OCC)C1CO. The molecule has 0 spiro atoms. The molecule has 2 aliphatic heterocycles. The number of benzene rings is 1. The molecule has 1 fully saturated rings. The second-order valence-corrected chi connectivity index (χ2v) is 8.76. The maximum atomic E-state index is 13.2. The van der Waals surface area contributed by atoms with Crippen LogP contribution in [0.3, 0.4) is 0 Å². The van der Waals surface area contributed by atoms with E-state index < -0.39 is 12.0 Å². The third-order valence-corrected chi connectivity index (χ3v) is 6.57. The van der Waals surface area contributed by atoms with Crippen LogP contribution in [0.15, 0.2) is 18.2 Å². The van der Waals surface area contributed by atoms with E-state index in [0.717, 1.165) is 44.3 Å². The number of esters is 1. The van der Waals surface area contributed by atoms with Crippen LogP contribution in [0.4, 0.5) is 0 Å². The number of fused-ring (bicyclic) bond motifs is 1. The van der Waals surface area contributed by atoms with Gasteiger partial charge in [-0.05, 0) is 37.5 Å². The van der Waals surface area contributed by atoms with E-state index in [1.807, 2.05) is 28.0 Å². The summed E-state index contributed by atoms with van der Waals surface area (Å²) >= 11 is 0. The monoisotopic (exact) mass is 462 g/mol. The van der Waals surface area contributed by atoms with Crippen LogP contribution < -0.4 is 9.47 Å². The number of hydrogen-bond donors (Lipinski definition) is 1. The average Bonchev–Trinajstić information content (AvgIpc) is 3.43. The summed E-state index contributed by atoms with van der Waals surface area (Å²) in [6.45, 7) is 8.36. The van der Waals surface area contributed by atoms with E-state index in [4.69, 9.17) is 14.2 Å². The third kappa shape index (κ3) is 5.98. The number of unbranched alkanes of at least 4 members (excludes halogenated alkanes) is 2. The fourth-order valence-corrected chi connectivity index (χ4v) is 4.76. The third-order valence-electron chi connectivity index (χ3n) is 6.57. The van der Waals surface area contributed by atoms with E-state index in [-0.39, 0.29) is 44.3 Å². The number of aliphatic hydroxyl groups excluding tert-OH is 1. The van der Waals surface area contributed by atoms with Crippen molar-refractivity contribution in [2.75, 3.05) is 46.2 Å². The van der Waals surface area contributed by atoms with Gasteiger partial charge in [-0.15, -0.1) is 0 Å². The first-order valence-corrected chi connectivity index (χ1v) is 12.2. The lowest BCUT2D eigenvalue weighted by atomic mass is 9.85. The topological polar surface area (TPSA) is 88.5 Å². The summed E-state index contributed by atoms with van der Waals surface area (Å²) in [6.07, 6.45) is 3.97. The summed E-state index contributed by atoms with van der Waals surface area (Å²) < 4.78 is 16.3. The number of rotatable bonds is 12. The van der Waals surface area contributed by atoms with Crippen LogP contribution in [0.5, 0.6) is 11.5 Å². The number of aliphatic hydroxyl groups is 1. The summed E-state index contributed by atoms with van der Waals surface area (Å²) in [7, 11) is 0. The van der Waals surface area contributed by atoms with Gasteiger partial charge in [-0.25, -0.2) is 0 Å². The predicted octanol–water partition coefficient (Wildman–Crippen LogP) is 2.78. The molecule has 0 saturated carbocycles. The van der Waals surface area contributed by atoms with Crippen LogP contribution in [0.1, 0.15) is 57.9 Å². The number of carbonyl (C=O) groups is 2. The Balaban J connectivity index is 1.82. The summed E-state index contributed by atoms with van der Waals surface area (Å²) in [6, 6.07) is 5.19. The Morgan fingerprint density at radius 1 is 1.12 bits per heavy atom. The fraction of sp³-hybridized carbons (Fsp3) is 0.680. The highest BCUT2D eigenvalue weighted by Gasteiger charge is 2.48. The standard InChI is InChI=1S/C25H38N2O6/c1-4-7-11-26(12-8-5-2)23(29)15-27-14-19(24(20(27)16-28)25(30)31-6-3)18-9-10-21-22(13-18)33-17-32-21/h9-10,13,19-20,24,28H,4-8,11-12,14-17H2,1-3H3. The van der Waals surface area contributed by atoms with Gasteiger partial charge in [0.25, 0.3) is 0 Å². The van der Waals surface area contributed by atoms with Gasteiger partial charge in [-0.3, -0.25) is 14.5 Å². The van der Waals surface area contributed by atoms with Gasteiger partial charge in [-0.2, -0.15) is 0 Å². The summed E-state index contributed by atoms with van der Waals surface area (Å²) in [5, 5.41) is 10.3. The minimum absolute atomic E-state index is 0.0456. The van der Waals surface area contributed by atoms with E-state index in [1.165, 1.54) is 0 Å². The molecule has 0 bridgehead atoms. The normalized spacial score (nSPS) is 21.9. The number of hydrogen-bond acceptors (Lipinski definition) is 7. The van der Waals surface area contributed by atoms with Crippen LogP contribution in [0.2, 0.25) is 0 Å². The van der Waals surface area contributed by atoms with Gasteiger partial charge in [0, 0.05) is 31.6 Å². The van der Waals surface area contributed by atoms with Crippen molar-refractivity contribution >= 4 is 11.9 Å². The minimum atomic E-state index is -0.567. The van der Waals surface area contributed by atoms with Crippen LogP contribution in [0, 0.1) is 5.92 Å². The van der Waals surface area contributed by atoms with E-state index in [2.05, 4.69) is 13.8 Å². The Kier molecular flexibility index (Phi) is 9.38. The number of nitrogens with zero attached hydrogens (tertiary/aromatic N) is 2. The van der Waals surface area contributed by atoms with Crippen LogP contribution in [-0.2, 0) is 14.3 Å². The molecule has 0 aromatic heterocycles. The molecule has 0 aliphatic carbocycles. The summed E-state index contributed by atoms with van der Waals surface area (Å²) in [4.78, 5) is 30.1. The second kappa shape index (κ2) is 12.2. The largest absolute Gasteiger partial charge is 0.466 e. The van der Waals surface area contributed by atoms with E-state index in [0.29, 0.717) is 18.0 Å². The van der Waals surface area contributed by atoms with Crippen molar-refractivity contribution in [1.82, 2.24) is 9.80 Å². The molecular formula is C25H38N2O6. The Morgan fingerprint density at radius 2 is 1.82 bits per heavy atom. The number of amides is 1. The first-order chi connectivity index (χ1) is 16.0. The first-order valence-electron chi connectivity index (χ1n) is 12.2. The zero-order valence-corrected chi connectivity index (χ0v) is 20.1. The van der Waals surface area contributed by atoms with E-state index in [1.54, 1.807) is 6.92 Å². The molecule has 1 saturated heterocycles. The zero-order chi connectivity index (χ0) is 23.8. The van der Waals surface area contributed by atoms with Gasteiger partial charge in [0.2, 0.25) is 12.7 Å². The Labute approximate surface area is 196 Å². The molecule has 3 atom stereocenters. The van der Waals surface area contributed by atoms with Crippen molar-refractivity contribution in [3.63, 3.8) is 0 Å². The number of carbonyl (C=O) groups excluding carboxylic acids is 2. The van der Waals surface area contributed by atoms with Gasteiger partial charge >= 0.3 is 5.97 Å². The molecule has 33 heavy (non-hydrogen) atoms. The molecule has 0 radical (unpaired) electrons. The number of likely N-dealkylation sites (tertiary alicyclic amines) is 1. The Hall–Kier alpha value is -2.32. The Morgan fingerprint density at radius 3 is 2.45 bits per heavy atom. The van der Waals surface area contributed by atoms with Gasteiger partial charge in [-0.1, -0.05) is 32.8 Å². The summed E-state index contributed by atoms with van der Waals surface area (Å²) in [5.41, 5.74) is 0.916. The van der Waals surface area contributed by atoms with Crippen molar-refractivity contribution in [2.24, 2.45) is 5.92 Å². The molecule has 3 unspecified atom stereocenters. The Bertz CT molecular complexity index is 793. The lowest BCUT2D eigenvalue weighted by molar-refractivity contribution is -0.150.